The molecule has 0 saturated carbocycles. The molecule has 3 heterocycles. The molecule has 1 N–H and O–H groups in total. The van der Waals surface area contributed by atoms with E-state index in [0.717, 1.165) is 21.6 Å². The van der Waals surface area contributed by atoms with Crippen LogP contribution in [-0.2, 0) is 0 Å². The molecule has 1 aliphatic rings. The van der Waals surface area contributed by atoms with Crippen molar-refractivity contribution < 1.29 is 4.52 Å². The maximum atomic E-state index is 5.35. The molecule has 90 valence electrons. The van der Waals surface area contributed by atoms with Crippen LogP contribution in [0.25, 0.3) is 10.7 Å². The maximum Gasteiger partial charge on any atom is 0.244 e. The molecule has 17 heavy (non-hydrogen) atoms. The Hall–Kier alpha value is -0.720. The van der Waals surface area contributed by atoms with E-state index in [1.807, 2.05) is 12.1 Å². The number of halogens is 1. The molecule has 0 aromatic carbocycles. The van der Waals surface area contributed by atoms with Crippen LogP contribution in [0.1, 0.15) is 25.3 Å². The van der Waals surface area contributed by atoms with Crippen LogP contribution in [0.4, 0.5) is 0 Å². The average molecular weight is 314 g/mol. The number of nitrogens with zero attached hydrogens (tertiary/aromatic N) is 2. The van der Waals surface area contributed by atoms with Gasteiger partial charge < -0.3 is 9.84 Å². The molecular formula is C11H12BrN3OS. The van der Waals surface area contributed by atoms with Crippen molar-refractivity contribution in [1.82, 2.24) is 15.5 Å². The zero-order chi connectivity index (χ0) is 11.8. The van der Waals surface area contributed by atoms with Crippen LogP contribution < -0.4 is 5.32 Å². The van der Waals surface area contributed by atoms with Crippen molar-refractivity contribution in [1.29, 1.82) is 0 Å². The summed E-state index contributed by atoms with van der Waals surface area (Å²) in [5.41, 5.74) is 0. The first-order valence-electron chi connectivity index (χ1n) is 5.57. The highest BCUT2D eigenvalue weighted by Crippen LogP contribution is 2.32. The average Bonchev–Trinajstić information content (AvgIpc) is 2.97. The van der Waals surface area contributed by atoms with Crippen molar-refractivity contribution in [3.05, 3.63) is 21.8 Å². The normalized spacial score (nSPS) is 24.4. The quantitative estimate of drug-likeness (QED) is 0.924. The highest BCUT2D eigenvalue weighted by molar-refractivity contribution is 9.11. The summed E-state index contributed by atoms with van der Waals surface area (Å²) in [6, 6.07) is 4.20. The van der Waals surface area contributed by atoms with Crippen LogP contribution in [0.5, 0.6) is 0 Å². The number of aromatic nitrogens is 2. The third-order valence-electron chi connectivity index (χ3n) is 3.03. The smallest absolute Gasteiger partial charge is 0.244 e. The molecular weight excluding hydrogens is 302 g/mol. The largest absolute Gasteiger partial charge is 0.337 e. The number of rotatable bonds is 2. The fraction of sp³-hybridized carbons (Fsp3) is 0.455. The summed E-state index contributed by atoms with van der Waals surface area (Å²) >= 11 is 5.04. The van der Waals surface area contributed by atoms with E-state index in [4.69, 9.17) is 4.52 Å². The van der Waals surface area contributed by atoms with E-state index in [1.165, 1.54) is 0 Å². The van der Waals surface area contributed by atoms with E-state index in [1.54, 1.807) is 11.3 Å². The van der Waals surface area contributed by atoms with Crippen molar-refractivity contribution in [2.24, 2.45) is 5.92 Å². The number of nitrogens with one attached hydrogen (secondary N) is 1. The van der Waals surface area contributed by atoms with Crippen molar-refractivity contribution in [2.75, 3.05) is 6.54 Å². The minimum absolute atomic E-state index is 0.208. The van der Waals surface area contributed by atoms with Gasteiger partial charge in [-0.25, -0.2) is 0 Å². The van der Waals surface area contributed by atoms with Crippen molar-refractivity contribution in [2.45, 2.75) is 19.4 Å². The number of thiophene rings is 1. The Morgan fingerprint density at radius 3 is 3.06 bits per heavy atom. The first kappa shape index (κ1) is 11.4. The standard InChI is InChI=1S/C11H12BrN3OS/c1-6-4-5-13-9(6)11-14-10(15-16-11)7-2-3-8(12)17-7/h2-3,6,9,13H,4-5H2,1H3. The van der Waals surface area contributed by atoms with Crippen molar-refractivity contribution in [3.63, 3.8) is 0 Å². The summed E-state index contributed by atoms with van der Waals surface area (Å²) in [6.45, 7) is 3.23. The van der Waals surface area contributed by atoms with Gasteiger partial charge in [-0.2, -0.15) is 4.98 Å². The third kappa shape index (κ3) is 2.17. The molecule has 0 spiro atoms. The van der Waals surface area contributed by atoms with E-state index in [2.05, 4.69) is 38.3 Å². The molecule has 4 nitrogen and oxygen atoms in total. The van der Waals surface area contributed by atoms with Crippen molar-refractivity contribution in [3.8, 4) is 10.7 Å². The summed E-state index contributed by atoms with van der Waals surface area (Å²) in [5, 5.41) is 7.43. The van der Waals surface area contributed by atoms with E-state index in [0.29, 0.717) is 17.6 Å². The summed E-state index contributed by atoms with van der Waals surface area (Å²) in [5.74, 6) is 1.93. The Labute approximate surface area is 112 Å². The summed E-state index contributed by atoms with van der Waals surface area (Å²) in [7, 11) is 0. The molecule has 0 radical (unpaired) electrons. The van der Waals surface area contributed by atoms with Gasteiger partial charge in [-0.1, -0.05) is 12.1 Å². The van der Waals surface area contributed by atoms with E-state index < -0.39 is 0 Å². The summed E-state index contributed by atoms with van der Waals surface area (Å²) < 4.78 is 6.43. The Bertz CT molecular complexity index is 524. The predicted molar refractivity (Wildman–Crippen MR) is 69.8 cm³/mol. The molecule has 6 heteroatoms. The van der Waals surface area contributed by atoms with Gasteiger partial charge in [-0.3, -0.25) is 0 Å². The first-order valence-corrected chi connectivity index (χ1v) is 7.17. The Morgan fingerprint density at radius 2 is 2.41 bits per heavy atom. The number of hydrogen-bond acceptors (Lipinski definition) is 5. The second-order valence-electron chi connectivity index (χ2n) is 4.26. The highest BCUT2D eigenvalue weighted by atomic mass is 79.9. The van der Waals surface area contributed by atoms with Gasteiger partial charge in [0.15, 0.2) is 0 Å². The summed E-state index contributed by atoms with van der Waals surface area (Å²) in [6.07, 6.45) is 1.16. The monoisotopic (exact) mass is 313 g/mol. The Kier molecular flexibility index (Phi) is 3.02. The van der Waals surface area contributed by atoms with Crippen molar-refractivity contribution >= 4 is 27.3 Å². The van der Waals surface area contributed by atoms with Crippen LogP contribution in [-0.4, -0.2) is 16.7 Å². The van der Waals surface area contributed by atoms with Crippen LogP contribution in [0.15, 0.2) is 20.4 Å². The molecule has 2 aromatic rings. The molecule has 2 atom stereocenters. The number of hydrogen-bond donors (Lipinski definition) is 1. The zero-order valence-corrected chi connectivity index (χ0v) is 11.7. The van der Waals surface area contributed by atoms with Gasteiger partial charge in [0.25, 0.3) is 0 Å². The van der Waals surface area contributed by atoms with Gasteiger partial charge in [0.1, 0.15) is 0 Å². The lowest BCUT2D eigenvalue weighted by Gasteiger charge is -2.08. The fourth-order valence-electron chi connectivity index (χ4n) is 2.06. The Morgan fingerprint density at radius 1 is 1.53 bits per heavy atom. The molecule has 3 rings (SSSR count). The molecule has 1 aliphatic heterocycles. The maximum absolute atomic E-state index is 5.35. The minimum Gasteiger partial charge on any atom is -0.337 e. The second-order valence-corrected chi connectivity index (χ2v) is 6.72. The topological polar surface area (TPSA) is 51.0 Å². The van der Waals surface area contributed by atoms with Gasteiger partial charge in [0, 0.05) is 0 Å². The second kappa shape index (κ2) is 4.51. The minimum atomic E-state index is 0.208. The molecule has 1 fully saturated rings. The molecule has 0 aliphatic carbocycles. The van der Waals surface area contributed by atoms with Gasteiger partial charge in [-0.15, -0.1) is 11.3 Å². The molecule has 2 unspecified atom stereocenters. The van der Waals surface area contributed by atoms with E-state index in [9.17, 15) is 0 Å². The SMILES string of the molecule is CC1CCNC1c1nc(-c2ccc(Br)s2)no1. The van der Waals surface area contributed by atoms with Gasteiger partial charge >= 0.3 is 0 Å². The fourth-order valence-corrected chi connectivity index (χ4v) is 3.37. The van der Waals surface area contributed by atoms with Gasteiger partial charge in [0.05, 0.1) is 14.7 Å². The lowest BCUT2D eigenvalue weighted by Crippen LogP contribution is -2.16. The highest BCUT2D eigenvalue weighted by Gasteiger charge is 2.29. The van der Waals surface area contributed by atoms with Crippen LogP contribution in [0, 0.1) is 5.92 Å². The van der Waals surface area contributed by atoms with Gasteiger partial charge in [0.2, 0.25) is 11.7 Å². The molecule has 1 saturated heterocycles. The Balaban J connectivity index is 1.87. The predicted octanol–water partition coefficient (Wildman–Crippen LogP) is 3.23. The molecule has 0 amide bonds. The first-order chi connectivity index (χ1) is 8.24. The van der Waals surface area contributed by atoms with Gasteiger partial charge in [-0.05, 0) is 46.9 Å². The molecule has 2 aromatic heterocycles. The van der Waals surface area contributed by atoms with E-state index in [-0.39, 0.29) is 6.04 Å². The third-order valence-corrected chi connectivity index (χ3v) is 4.65. The lowest BCUT2D eigenvalue weighted by atomic mass is 10.0. The zero-order valence-electron chi connectivity index (χ0n) is 9.31. The molecule has 0 bridgehead atoms. The van der Waals surface area contributed by atoms with E-state index >= 15 is 0 Å². The lowest BCUT2D eigenvalue weighted by molar-refractivity contribution is 0.319. The van der Waals surface area contributed by atoms with Crippen LogP contribution in [0.3, 0.4) is 0 Å². The summed E-state index contributed by atoms with van der Waals surface area (Å²) in [4.78, 5) is 5.50. The van der Waals surface area contributed by atoms with Crippen LogP contribution >= 0.6 is 27.3 Å². The van der Waals surface area contributed by atoms with Crippen LogP contribution in [0.2, 0.25) is 0 Å².